The van der Waals surface area contributed by atoms with Crippen LogP contribution < -0.4 is 14.8 Å². The van der Waals surface area contributed by atoms with Crippen molar-refractivity contribution in [3.63, 3.8) is 0 Å². The van der Waals surface area contributed by atoms with Gasteiger partial charge in [0.1, 0.15) is 11.5 Å². The van der Waals surface area contributed by atoms with E-state index in [4.69, 9.17) is 9.47 Å². The first kappa shape index (κ1) is 17.8. The Morgan fingerprint density at radius 2 is 1.63 bits per heavy atom. The van der Waals surface area contributed by atoms with E-state index in [1.807, 2.05) is 12.1 Å². The van der Waals surface area contributed by atoms with Gasteiger partial charge in [0, 0.05) is 31.7 Å². The van der Waals surface area contributed by atoms with Gasteiger partial charge in [-0.3, -0.25) is 4.90 Å². The third kappa shape index (κ3) is 3.51. The number of methoxy groups -OCH3 is 2. The van der Waals surface area contributed by atoms with Crippen molar-refractivity contribution in [2.75, 3.05) is 40.4 Å². The van der Waals surface area contributed by atoms with Gasteiger partial charge < -0.3 is 14.8 Å². The molecule has 1 atom stereocenters. The summed E-state index contributed by atoms with van der Waals surface area (Å²) in [5.74, 6) is 1.75. The van der Waals surface area contributed by atoms with E-state index in [1.54, 1.807) is 14.2 Å². The van der Waals surface area contributed by atoms with Crippen molar-refractivity contribution < 1.29 is 9.47 Å². The fraction of sp³-hybridized carbons (Fsp3) is 0.304. The van der Waals surface area contributed by atoms with Crippen LogP contribution in [0.2, 0.25) is 0 Å². The molecule has 1 N–H and O–H groups in total. The van der Waals surface area contributed by atoms with Crippen LogP contribution in [0.4, 0.5) is 0 Å². The third-order valence-electron chi connectivity index (χ3n) is 5.37. The van der Waals surface area contributed by atoms with E-state index in [0.29, 0.717) is 0 Å². The highest BCUT2D eigenvalue weighted by Crippen LogP contribution is 2.39. The number of nitrogens with zero attached hydrogens (tertiary/aromatic N) is 1. The number of piperazine rings is 1. The van der Waals surface area contributed by atoms with Crippen LogP contribution in [0.3, 0.4) is 0 Å². The average Bonchev–Trinajstić information content (AvgIpc) is 2.75. The van der Waals surface area contributed by atoms with Crippen molar-refractivity contribution in [3.05, 3.63) is 71.8 Å². The van der Waals surface area contributed by atoms with Crippen molar-refractivity contribution in [3.8, 4) is 11.5 Å². The number of benzene rings is 3. The molecule has 1 aliphatic rings. The molecule has 0 spiro atoms. The van der Waals surface area contributed by atoms with Gasteiger partial charge in [0.05, 0.1) is 20.3 Å². The quantitative estimate of drug-likeness (QED) is 0.747. The molecule has 3 aromatic rings. The Hall–Kier alpha value is -2.56. The fourth-order valence-electron chi connectivity index (χ4n) is 4.04. The number of hydrogen-bond donors (Lipinski definition) is 1. The summed E-state index contributed by atoms with van der Waals surface area (Å²) in [6.45, 7) is 3.98. The standard InChI is InChI=1S/C23H26N2O2/c1-26-18-10-11-22(27-2)21(16-18)23(25-14-12-24-13-15-25)20-9-5-7-17-6-3-4-8-19(17)20/h3-11,16,23-24H,12-15H2,1-2H3. The Bertz CT molecular complexity index is 914. The largest absolute Gasteiger partial charge is 0.497 e. The smallest absolute Gasteiger partial charge is 0.124 e. The average molecular weight is 362 g/mol. The Balaban J connectivity index is 1.92. The normalized spacial score (nSPS) is 16.2. The van der Waals surface area contributed by atoms with Crippen LogP contribution in [-0.2, 0) is 0 Å². The first-order valence-corrected chi connectivity index (χ1v) is 9.46. The molecule has 27 heavy (non-hydrogen) atoms. The molecule has 3 aromatic carbocycles. The number of fused-ring (bicyclic) bond motifs is 1. The second-order valence-corrected chi connectivity index (χ2v) is 6.86. The summed E-state index contributed by atoms with van der Waals surface area (Å²) in [5, 5.41) is 6.01. The molecule has 1 aliphatic heterocycles. The van der Waals surface area contributed by atoms with E-state index < -0.39 is 0 Å². The second-order valence-electron chi connectivity index (χ2n) is 6.86. The molecular weight excluding hydrogens is 336 g/mol. The van der Waals surface area contributed by atoms with Gasteiger partial charge in [-0.2, -0.15) is 0 Å². The Labute approximate surface area is 160 Å². The van der Waals surface area contributed by atoms with E-state index in [-0.39, 0.29) is 6.04 Å². The van der Waals surface area contributed by atoms with Crippen LogP contribution in [0.15, 0.2) is 60.7 Å². The SMILES string of the molecule is COc1ccc(OC)c(C(c2cccc3ccccc23)N2CCNCC2)c1. The number of nitrogens with one attached hydrogen (secondary N) is 1. The predicted octanol–water partition coefficient (Wildman–Crippen LogP) is 3.85. The summed E-state index contributed by atoms with van der Waals surface area (Å²) in [6, 6.07) is 21.4. The number of ether oxygens (including phenoxy) is 2. The molecule has 0 aromatic heterocycles. The minimum atomic E-state index is 0.114. The van der Waals surface area contributed by atoms with Crippen LogP contribution >= 0.6 is 0 Å². The van der Waals surface area contributed by atoms with Crippen molar-refractivity contribution >= 4 is 10.8 Å². The van der Waals surface area contributed by atoms with Crippen LogP contribution in [0.5, 0.6) is 11.5 Å². The van der Waals surface area contributed by atoms with Crippen molar-refractivity contribution in [2.24, 2.45) is 0 Å². The molecule has 0 aliphatic carbocycles. The molecule has 1 fully saturated rings. The Morgan fingerprint density at radius 3 is 2.41 bits per heavy atom. The molecule has 1 unspecified atom stereocenters. The second kappa shape index (κ2) is 7.99. The molecule has 1 heterocycles. The van der Waals surface area contributed by atoms with E-state index in [2.05, 4.69) is 58.7 Å². The zero-order chi connectivity index (χ0) is 18.6. The monoisotopic (exact) mass is 362 g/mol. The molecule has 4 nitrogen and oxygen atoms in total. The predicted molar refractivity (Wildman–Crippen MR) is 110 cm³/mol. The molecule has 0 radical (unpaired) electrons. The van der Waals surface area contributed by atoms with Gasteiger partial charge in [0.15, 0.2) is 0 Å². The third-order valence-corrected chi connectivity index (χ3v) is 5.37. The summed E-state index contributed by atoms with van der Waals surface area (Å²) >= 11 is 0. The van der Waals surface area contributed by atoms with Crippen LogP contribution in [0.25, 0.3) is 10.8 Å². The molecule has 1 saturated heterocycles. The summed E-state index contributed by atoms with van der Waals surface area (Å²) in [6.07, 6.45) is 0. The lowest BCUT2D eigenvalue weighted by atomic mass is 9.91. The topological polar surface area (TPSA) is 33.7 Å². The Morgan fingerprint density at radius 1 is 0.852 bits per heavy atom. The lowest BCUT2D eigenvalue weighted by Crippen LogP contribution is -2.45. The number of hydrogen-bond acceptors (Lipinski definition) is 4. The van der Waals surface area contributed by atoms with Gasteiger partial charge >= 0.3 is 0 Å². The van der Waals surface area contributed by atoms with E-state index >= 15 is 0 Å². The van der Waals surface area contributed by atoms with Crippen LogP contribution in [0.1, 0.15) is 17.2 Å². The van der Waals surface area contributed by atoms with Crippen LogP contribution in [-0.4, -0.2) is 45.3 Å². The van der Waals surface area contributed by atoms with E-state index in [0.717, 1.165) is 43.2 Å². The van der Waals surface area contributed by atoms with Gasteiger partial charge in [-0.05, 0) is 34.5 Å². The Kier molecular flexibility index (Phi) is 5.28. The molecule has 4 rings (SSSR count). The minimum Gasteiger partial charge on any atom is -0.497 e. The van der Waals surface area contributed by atoms with Crippen LogP contribution in [0, 0.1) is 0 Å². The minimum absolute atomic E-state index is 0.114. The van der Waals surface area contributed by atoms with Crippen molar-refractivity contribution in [1.29, 1.82) is 0 Å². The van der Waals surface area contributed by atoms with Gasteiger partial charge in [-0.15, -0.1) is 0 Å². The number of rotatable bonds is 5. The van der Waals surface area contributed by atoms with Gasteiger partial charge in [-0.25, -0.2) is 0 Å². The summed E-state index contributed by atoms with van der Waals surface area (Å²) in [5.41, 5.74) is 2.46. The molecule has 4 heteroatoms. The van der Waals surface area contributed by atoms with Gasteiger partial charge in [0.2, 0.25) is 0 Å². The first-order chi connectivity index (χ1) is 13.3. The summed E-state index contributed by atoms with van der Waals surface area (Å²) in [4.78, 5) is 2.54. The zero-order valence-electron chi connectivity index (χ0n) is 15.9. The summed E-state index contributed by atoms with van der Waals surface area (Å²) < 4.78 is 11.3. The van der Waals surface area contributed by atoms with Gasteiger partial charge in [-0.1, -0.05) is 42.5 Å². The summed E-state index contributed by atoms with van der Waals surface area (Å²) in [7, 11) is 3.45. The maximum Gasteiger partial charge on any atom is 0.124 e. The zero-order valence-corrected chi connectivity index (χ0v) is 15.9. The maximum atomic E-state index is 5.75. The molecular formula is C23H26N2O2. The highest BCUT2D eigenvalue weighted by atomic mass is 16.5. The first-order valence-electron chi connectivity index (χ1n) is 9.46. The van der Waals surface area contributed by atoms with Gasteiger partial charge in [0.25, 0.3) is 0 Å². The van der Waals surface area contributed by atoms with Crippen molar-refractivity contribution in [2.45, 2.75) is 6.04 Å². The van der Waals surface area contributed by atoms with Crippen molar-refractivity contribution in [1.82, 2.24) is 10.2 Å². The lowest BCUT2D eigenvalue weighted by molar-refractivity contribution is 0.196. The molecule has 0 saturated carbocycles. The van der Waals surface area contributed by atoms with E-state index in [9.17, 15) is 0 Å². The highest BCUT2D eigenvalue weighted by Gasteiger charge is 2.28. The van der Waals surface area contributed by atoms with E-state index in [1.165, 1.54) is 16.3 Å². The molecule has 0 amide bonds. The lowest BCUT2D eigenvalue weighted by Gasteiger charge is -2.36. The maximum absolute atomic E-state index is 5.75. The molecule has 140 valence electrons. The molecule has 0 bridgehead atoms. The fourth-order valence-corrected chi connectivity index (χ4v) is 4.04. The highest BCUT2D eigenvalue weighted by molar-refractivity contribution is 5.86.